The van der Waals surface area contributed by atoms with Crippen LogP contribution in [0.4, 0.5) is 17.1 Å². The number of nitrogens with zero attached hydrogens (tertiary/aromatic N) is 2. The molecule has 0 unspecified atom stereocenters. The number of ether oxygens (including phenoxy) is 1. The number of aliphatic hydroxyl groups is 1. The van der Waals surface area contributed by atoms with Crippen molar-refractivity contribution in [2.24, 2.45) is 5.92 Å². The smallest absolute Gasteiger partial charge is 0.262 e. The van der Waals surface area contributed by atoms with Crippen molar-refractivity contribution >= 4 is 38.9 Å². The van der Waals surface area contributed by atoms with Crippen LogP contribution in [0.2, 0.25) is 0 Å². The highest BCUT2D eigenvalue weighted by Crippen LogP contribution is 2.36. The van der Waals surface area contributed by atoms with Gasteiger partial charge in [-0.2, -0.15) is 0 Å². The third kappa shape index (κ3) is 8.40. The fourth-order valence-electron chi connectivity index (χ4n) is 5.71. The maximum absolute atomic E-state index is 13.8. The van der Waals surface area contributed by atoms with Crippen LogP contribution in [0.5, 0.6) is 5.75 Å². The van der Waals surface area contributed by atoms with Crippen molar-refractivity contribution in [1.82, 2.24) is 9.80 Å². The number of nitrogens with two attached hydrogens (primary N) is 1. The SMILES string of the molecule is Cc1ccc(S(=O)(=O)Nc2cccc3c2O[C@H](CN(C)Cc2ccc(C(=O)Nc4ccccc4N)cc2)[C@@H](C)CN([C@H](C)CO)C3=O)cc1. The fraction of sp³-hybridized carbons (Fsp3) is 0.297. The molecule has 0 saturated carbocycles. The van der Waals surface area contributed by atoms with Gasteiger partial charge in [0.15, 0.2) is 5.75 Å². The number of carbonyl (C=O) groups excluding carboxylic acids is 2. The average Bonchev–Trinajstić information content (AvgIpc) is 3.07. The van der Waals surface area contributed by atoms with Gasteiger partial charge in [-0.25, -0.2) is 8.42 Å². The van der Waals surface area contributed by atoms with Crippen LogP contribution in [0.1, 0.15) is 45.7 Å². The Labute approximate surface area is 287 Å². The summed E-state index contributed by atoms with van der Waals surface area (Å²) < 4.78 is 36.1. The van der Waals surface area contributed by atoms with E-state index in [1.54, 1.807) is 78.6 Å². The highest BCUT2D eigenvalue weighted by Gasteiger charge is 2.35. The monoisotopic (exact) mass is 685 g/mol. The summed E-state index contributed by atoms with van der Waals surface area (Å²) in [6, 6.07) is 25.2. The number of fused-ring (bicyclic) bond motifs is 1. The van der Waals surface area contributed by atoms with E-state index in [0.717, 1.165) is 11.1 Å². The van der Waals surface area contributed by atoms with E-state index >= 15 is 0 Å². The number of hydrogen-bond acceptors (Lipinski definition) is 8. The highest BCUT2D eigenvalue weighted by molar-refractivity contribution is 7.92. The van der Waals surface area contributed by atoms with Crippen molar-refractivity contribution < 1.29 is 27.9 Å². The molecule has 0 radical (unpaired) electrons. The van der Waals surface area contributed by atoms with E-state index in [1.807, 2.05) is 33.0 Å². The molecule has 4 aromatic carbocycles. The number of aryl methyl sites for hydroxylation is 1. The van der Waals surface area contributed by atoms with Gasteiger partial charge in [0, 0.05) is 31.1 Å². The van der Waals surface area contributed by atoms with Gasteiger partial charge in [-0.15, -0.1) is 0 Å². The van der Waals surface area contributed by atoms with Gasteiger partial charge in [-0.3, -0.25) is 19.2 Å². The van der Waals surface area contributed by atoms with Crippen LogP contribution in [-0.4, -0.2) is 74.0 Å². The second kappa shape index (κ2) is 15.1. The number of amides is 2. The molecule has 4 aromatic rings. The molecular formula is C37H43N5O6S. The molecule has 49 heavy (non-hydrogen) atoms. The molecule has 2 amide bonds. The molecular weight excluding hydrogens is 643 g/mol. The highest BCUT2D eigenvalue weighted by atomic mass is 32.2. The first kappa shape index (κ1) is 35.4. The summed E-state index contributed by atoms with van der Waals surface area (Å²) in [5.41, 5.74) is 9.73. The van der Waals surface area contributed by atoms with Crippen LogP contribution < -0.4 is 20.5 Å². The number of hydrogen-bond donors (Lipinski definition) is 4. The Hall–Kier alpha value is -4.91. The number of benzene rings is 4. The summed E-state index contributed by atoms with van der Waals surface area (Å²) >= 11 is 0. The van der Waals surface area contributed by atoms with Crippen LogP contribution in [0.15, 0.2) is 95.9 Å². The lowest BCUT2D eigenvalue weighted by Crippen LogP contribution is -2.49. The zero-order valence-electron chi connectivity index (χ0n) is 28.1. The minimum Gasteiger partial charge on any atom is -0.486 e. The molecule has 5 N–H and O–H groups in total. The number of carbonyl (C=O) groups is 2. The molecule has 258 valence electrons. The summed E-state index contributed by atoms with van der Waals surface area (Å²) in [4.78, 5) is 30.4. The van der Waals surface area contributed by atoms with Crippen molar-refractivity contribution in [3.05, 3.63) is 113 Å². The number of likely N-dealkylation sites (N-methyl/N-ethyl adjacent to an activating group) is 1. The molecule has 12 heteroatoms. The second-order valence-electron chi connectivity index (χ2n) is 12.7. The quantitative estimate of drug-likeness (QED) is 0.161. The van der Waals surface area contributed by atoms with Gasteiger partial charge in [-0.05, 0) is 75.0 Å². The Kier molecular flexibility index (Phi) is 10.9. The summed E-state index contributed by atoms with van der Waals surface area (Å²) in [6.45, 7) is 6.68. The zero-order valence-corrected chi connectivity index (χ0v) is 28.9. The Balaban J connectivity index is 1.37. The van der Waals surface area contributed by atoms with E-state index in [1.165, 1.54) is 12.1 Å². The molecule has 0 bridgehead atoms. The number of nitrogens with one attached hydrogen (secondary N) is 2. The Morgan fingerprint density at radius 1 is 1.02 bits per heavy atom. The van der Waals surface area contributed by atoms with Crippen LogP contribution >= 0.6 is 0 Å². The molecule has 1 aliphatic heterocycles. The lowest BCUT2D eigenvalue weighted by atomic mass is 9.99. The summed E-state index contributed by atoms with van der Waals surface area (Å²) in [7, 11) is -2.06. The van der Waals surface area contributed by atoms with E-state index in [0.29, 0.717) is 36.6 Å². The summed E-state index contributed by atoms with van der Waals surface area (Å²) in [6.07, 6.45) is -0.461. The van der Waals surface area contributed by atoms with Crippen molar-refractivity contribution in [2.75, 3.05) is 42.5 Å². The predicted molar refractivity (Wildman–Crippen MR) is 191 cm³/mol. The van der Waals surface area contributed by atoms with E-state index in [9.17, 15) is 23.1 Å². The lowest BCUT2D eigenvalue weighted by molar-refractivity contribution is 0.0344. The van der Waals surface area contributed by atoms with Crippen LogP contribution in [0.25, 0.3) is 0 Å². The Morgan fingerprint density at radius 3 is 2.37 bits per heavy atom. The minimum atomic E-state index is -4.00. The maximum Gasteiger partial charge on any atom is 0.262 e. The first-order valence-corrected chi connectivity index (χ1v) is 17.6. The van der Waals surface area contributed by atoms with Gasteiger partial charge >= 0.3 is 0 Å². The topological polar surface area (TPSA) is 154 Å². The summed E-state index contributed by atoms with van der Waals surface area (Å²) in [5, 5.41) is 12.9. The fourth-order valence-corrected chi connectivity index (χ4v) is 6.78. The van der Waals surface area contributed by atoms with Gasteiger partial charge < -0.3 is 25.8 Å². The molecule has 0 aliphatic carbocycles. The predicted octanol–water partition coefficient (Wildman–Crippen LogP) is 4.98. The van der Waals surface area contributed by atoms with Crippen LogP contribution in [0, 0.1) is 12.8 Å². The van der Waals surface area contributed by atoms with E-state index in [2.05, 4.69) is 14.9 Å². The average molecular weight is 686 g/mol. The molecule has 11 nitrogen and oxygen atoms in total. The molecule has 0 saturated heterocycles. The molecule has 1 heterocycles. The summed E-state index contributed by atoms with van der Waals surface area (Å²) in [5.74, 6) is -0.673. The van der Waals surface area contributed by atoms with Crippen LogP contribution in [0.3, 0.4) is 0 Å². The van der Waals surface area contributed by atoms with E-state index in [4.69, 9.17) is 10.5 Å². The van der Waals surface area contributed by atoms with Gasteiger partial charge in [0.05, 0.1) is 40.2 Å². The third-order valence-corrected chi connectivity index (χ3v) is 10.0. The Morgan fingerprint density at radius 2 is 1.69 bits per heavy atom. The third-order valence-electron chi connectivity index (χ3n) is 8.64. The van der Waals surface area contributed by atoms with Gasteiger partial charge in [-0.1, -0.05) is 55.0 Å². The molecule has 3 atom stereocenters. The normalized spacial score (nSPS) is 17.0. The van der Waals surface area contributed by atoms with Crippen LogP contribution in [-0.2, 0) is 16.6 Å². The number of nitrogen functional groups attached to an aromatic ring is 1. The maximum atomic E-state index is 13.8. The number of para-hydroxylation sites is 3. The first-order chi connectivity index (χ1) is 23.4. The zero-order chi connectivity index (χ0) is 35.3. The molecule has 0 spiro atoms. The molecule has 0 aromatic heterocycles. The van der Waals surface area contributed by atoms with Crippen molar-refractivity contribution in [2.45, 2.75) is 44.4 Å². The second-order valence-corrected chi connectivity index (χ2v) is 14.3. The lowest BCUT2D eigenvalue weighted by Gasteiger charge is -2.38. The van der Waals surface area contributed by atoms with Crippen molar-refractivity contribution in [3.63, 3.8) is 0 Å². The van der Waals surface area contributed by atoms with Gasteiger partial charge in [0.1, 0.15) is 6.10 Å². The van der Waals surface area contributed by atoms with E-state index < -0.39 is 22.2 Å². The molecule has 5 rings (SSSR count). The number of anilines is 3. The number of aliphatic hydroxyl groups excluding tert-OH is 1. The molecule has 1 aliphatic rings. The van der Waals surface area contributed by atoms with Gasteiger partial charge in [0.25, 0.3) is 21.8 Å². The molecule has 0 fully saturated rings. The minimum absolute atomic E-state index is 0.0840. The largest absolute Gasteiger partial charge is 0.486 e. The Bertz CT molecular complexity index is 1900. The van der Waals surface area contributed by atoms with Crippen molar-refractivity contribution in [3.8, 4) is 5.75 Å². The van der Waals surface area contributed by atoms with Crippen molar-refractivity contribution in [1.29, 1.82) is 0 Å². The standard InChI is InChI=1S/C37H43N5O6S/c1-24-12-18-29(19-13-24)49(46,47)40-33-11-7-8-30-35(33)48-34(25(2)20-42(37(30)45)26(3)23-43)22-41(4)21-27-14-16-28(17-15-27)36(44)39-32-10-6-5-9-31(32)38/h5-19,25-26,34,40,43H,20-23,38H2,1-4H3,(H,39,44)/t25-,26+,34+/m0/s1. The first-order valence-electron chi connectivity index (χ1n) is 16.1. The van der Waals surface area contributed by atoms with E-state index in [-0.39, 0.29) is 46.2 Å². The van der Waals surface area contributed by atoms with Gasteiger partial charge in [0.2, 0.25) is 0 Å². The number of rotatable bonds is 11. The number of sulfonamides is 1.